The van der Waals surface area contributed by atoms with Crippen LogP contribution < -0.4 is 5.32 Å². The molecule has 0 radical (unpaired) electrons. The van der Waals surface area contributed by atoms with Gasteiger partial charge in [0.15, 0.2) is 5.71 Å². The standard InChI is InChI=1S/C15H9ClN4O4/c16-9-5-8(14(21)12(6-9)20(23)24)7-17-19-13-10-3-1-2-4-11(10)18-15(13)22/h1-7,21H,(H,18,19,22). The van der Waals surface area contributed by atoms with Crippen LogP contribution in [0, 0.1) is 10.1 Å². The number of carbonyl (C=O) groups excluding carboxylic acids is 1. The van der Waals surface area contributed by atoms with Crippen molar-refractivity contribution in [1.29, 1.82) is 0 Å². The summed E-state index contributed by atoms with van der Waals surface area (Å²) in [5.41, 5.74) is 0.808. The van der Waals surface area contributed by atoms with Gasteiger partial charge in [0.2, 0.25) is 5.75 Å². The van der Waals surface area contributed by atoms with Crippen molar-refractivity contribution in [3.8, 4) is 5.75 Å². The highest BCUT2D eigenvalue weighted by Crippen LogP contribution is 2.32. The average molecular weight is 345 g/mol. The quantitative estimate of drug-likeness (QED) is 0.505. The number of nitro groups is 1. The minimum atomic E-state index is -0.759. The Bertz CT molecular complexity index is 924. The number of halogens is 1. The summed E-state index contributed by atoms with van der Waals surface area (Å²) >= 11 is 5.79. The van der Waals surface area contributed by atoms with Gasteiger partial charge in [-0.3, -0.25) is 14.9 Å². The van der Waals surface area contributed by atoms with E-state index in [-0.39, 0.29) is 16.3 Å². The number of nitrogens with one attached hydrogen (secondary N) is 1. The molecule has 24 heavy (non-hydrogen) atoms. The van der Waals surface area contributed by atoms with Crippen molar-refractivity contribution in [2.75, 3.05) is 5.32 Å². The van der Waals surface area contributed by atoms with Crippen LogP contribution in [0.4, 0.5) is 11.4 Å². The maximum atomic E-state index is 11.9. The second-order valence-corrected chi connectivity index (χ2v) is 5.25. The lowest BCUT2D eigenvalue weighted by Crippen LogP contribution is -2.13. The SMILES string of the molecule is O=C1Nc2ccccc2C1=NN=Cc1cc(Cl)cc([N+](=O)[O-])c1O. The summed E-state index contributed by atoms with van der Waals surface area (Å²) in [7, 11) is 0. The predicted octanol–water partition coefficient (Wildman–Crippen LogP) is 2.73. The number of carbonyl (C=O) groups is 1. The number of nitro benzene ring substituents is 1. The van der Waals surface area contributed by atoms with E-state index in [1.807, 2.05) is 0 Å². The second kappa shape index (κ2) is 6.09. The van der Waals surface area contributed by atoms with Crippen molar-refractivity contribution < 1.29 is 14.8 Å². The van der Waals surface area contributed by atoms with Crippen molar-refractivity contribution in [3.63, 3.8) is 0 Å². The number of phenolic OH excluding ortho intramolecular Hbond substituents is 1. The molecule has 0 aliphatic carbocycles. The van der Waals surface area contributed by atoms with E-state index >= 15 is 0 Å². The van der Waals surface area contributed by atoms with Crippen LogP contribution in [0.25, 0.3) is 0 Å². The lowest BCUT2D eigenvalue weighted by molar-refractivity contribution is -0.385. The van der Waals surface area contributed by atoms with Gasteiger partial charge >= 0.3 is 5.69 Å². The van der Waals surface area contributed by atoms with Gasteiger partial charge in [-0.1, -0.05) is 29.8 Å². The van der Waals surface area contributed by atoms with E-state index in [4.69, 9.17) is 11.6 Å². The van der Waals surface area contributed by atoms with Crippen molar-refractivity contribution in [2.24, 2.45) is 10.2 Å². The minimum Gasteiger partial charge on any atom is -0.502 e. The fourth-order valence-electron chi connectivity index (χ4n) is 2.19. The molecule has 1 aliphatic heterocycles. The van der Waals surface area contributed by atoms with Crippen LogP contribution in [-0.4, -0.2) is 27.9 Å². The summed E-state index contributed by atoms with van der Waals surface area (Å²) in [5, 5.41) is 31.0. The smallest absolute Gasteiger partial charge is 0.312 e. The average Bonchev–Trinajstić information content (AvgIpc) is 2.86. The molecule has 1 heterocycles. The molecular weight excluding hydrogens is 336 g/mol. The summed E-state index contributed by atoms with van der Waals surface area (Å²) < 4.78 is 0. The Labute approximate surface area is 140 Å². The van der Waals surface area contributed by atoms with Crippen molar-refractivity contribution in [3.05, 3.63) is 62.7 Å². The molecule has 0 saturated heterocycles. The molecule has 2 aromatic rings. The molecular formula is C15H9ClN4O4. The lowest BCUT2D eigenvalue weighted by atomic mass is 10.1. The van der Waals surface area contributed by atoms with E-state index in [2.05, 4.69) is 15.5 Å². The molecule has 0 fully saturated rings. The topological polar surface area (TPSA) is 117 Å². The Morgan fingerprint density at radius 1 is 1.29 bits per heavy atom. The minimum absolute atomic E-state index is 0.0187. The molecule has 2 N–H and O–H groups in total. The molecule has 0 atom stereocenters. The van der Waals surface area contributed by atoms with E-state index in [0.717, 1.165) is 12.3 Å². The van der Waals surface area contributed by atoms with E-state index in [9.17, 15) is 20.0 Å². The Balaban J connectivity index is 1.96. The molecule has 0 aromatic heterocycles. The first-order valence-electron chi connectivity index (χ1n) is 6.66. The fraction of sp³-hybridized carbons (Fsp3) is 0. The van der Waals surface area contributed by atoms with Gasteiger partial charge < -0.3 is 10.4 Å². The molecule has 1 amide bonds. The van der Waals surface area contributed by atoms with Crippen LogP contribution in [0.2, 0.25) is 5.02 Å². The van der Waals surface area contributed by atoms with Crippen molar-refractivity contribution in [2.45, 2.75) is 0 Å². The number of amides is 1. The van der Waals surface area contributed by atoms with Crippen LogP contribution in [0.15, 0.2) is 46.6 Å². The Morgan fingerprint density at radius 2 is 2.04 bits per heavy atom. The third kappa shape index (κ3) is 2.82. The molecule has 9 heteroatoms. The maximum Gasteiger partial charge on any atom is 0.312 e. The molecule has 2 aromatic carbocycles. The van der Waals surface area contributed by atoms with Gasteiger partial charge in [-0.05, 0) is 12.1 Å². The van der Waals surface area contributed by atoms with Crippen molar-refractivity contribution >= 4 is 40.8 Å². The fourth-order valence-corrected chi connectivity index (χ4v) is 2.41. The predicted molar refractivity (Wildman–Crippen MR) is 89.0 cm³/mol. The number of rotatable bonds is 3. The zero-order valence-corrected chi connectivity index (χ0v) is 12.7. The van der Waals surface area contributed by atoms with Gasteiger partial charge in [0.1, 0.15) is 0 Å². The summed E-state index contributed by atoms with van der Waals surface area (Å²) in [6.07, 6.45) is 1.09. The van der Waals surface area contributed by atoms with Gasteiger partial charge in [-0.25, -0.2) is 0 Å². The van der Waals surface area contributed by atoms with Gasteiger partial charge in [0.25, 0.3) is 5.91 Å². The van der Waals surface area contributed by atoms with Crippen LogP contribution in [0.1, 0.15) is 11.1 Å². The Kier molecular flexibility index (Phi) is 3.97. The van der Waals surface area contributed by atoms with Gasteiger partial charge in [0.05, 0.1) is 16.8 Å². The van der Waals surface area contributed by atoms with Crippen LogP contribution in [-0.2, 0) is 4.79 Å². The molecule has 0 bridgehead atoms. The number of anilines is 1. The molecule has 0 unspecified atom stereocenters. The van der Waals surface area contributed by atoms with Gasteiger partial charge in [-0.15, -0.1) is 5.10 Å². The van der Waals surface area contributed by atoms with E-state index in [1.54, 1.807) is 24.3 Å². The highest BCUT2D eigenvalue weighted by molar-refractivity contribution is 6.53. The summed E-state index contributed by atoms with van der Waals surface area (Å²) in [5.74, 6) is -0.987. The van der Waals surface area contributed by atoms with Crippen LogP contribution >= 0.6 is 11.6 Å². The molecule has 8 nitrogen and oxygen atoms in total. The number of nitrogens with zero attached hydrogens (tertiary/aromatic N) is 3. The van der Waals surface area contributed by atoms with E-state index < -0.39 is 22.3 Å². The summed E-state index contributed by atoms with van der Waals surface area (Å²) in [6.45, 7) is 0. The second-order valence-electron chi connectivity index (χ2n) is 4.81. The summed E-state index contributed by atoms with van der Waals surface area (Å²) in [6, 6.07) is 9.30. The molecule has 0 saturated carbocycles. The van der Waals surface area contributed by atoms with Gasteiger partial charge in [0, 0.05) is 22.2 Å². The van der Waals surface area contributed by atoms with Crippen molar-refractivity contribution in [1.82, 2.24) is 0 Å². The Morgan fingerprint density at radius 3 is 2.79 bits per heavy atom. The third-order valence-electron chi connectivity index (χ3n) is 3.28. The van der Waals surface area contributed by atoms with Crippen LogP contribution in [0.5, 0.6) is 5.75 Å². The number of hydrogen-bond donors (Lipinski definition) is 2. The number of benzene rings is 2. The largest absolute Gasteiger partial charge is 0.502 e. The maximum absolute atomic E-state index is 11.9. The van der Waals surface area contributed by atoms with Crippen LogP contribution in [0.3, 0.4) is 0 Å². The molecule has 0 spiro atoms. The number of aromatic hydroxyl groups is 1. The first kappa shape index (κ1) is 15.6. The monoisotopic (exact) mass is 344 g/mol. The molecule has 3 rings (SSSR count). The van der Waals surface area contributed by atoms with E-state index in [0.29, 0.717) is 11.3 Å². The first-order chi connectivity index (χ1) is 11.5. The first-order valence-corrected chi connectivity index (χ1v) is 7.04. The van der Waals surface area contributed by atoms with Gasteiger partial charge in [-0.2, -0.15) is 5.10 Å². The Hall–Kier alpha value is -3.26. The zero-order valence-electron chi connectivity index (χ0n) is 11.9. The zero-order chi connectivity index (χ0) is 17.3. The van der Waals surface area contributed by atoms with E-state index in [1.165, 1.54) is 6.07 Å². The lowest BCUT2D eigenvalue weighted by Gasteiger charge is -2.00. The summed E-state index contributed by atoms with van der Waals surface area (Å²) in [4.78, 5) is 22.0. The normalized spacial score (nSPS) is 14.9. The number of para-hydroxylation sites is 1. The third-order valence-corrected chi connectivity index (χ3v) is 3.50. The molecule has 1 aliphatic rings. The highest BCUT2D eigenvalue weighted by atomic mass is 35.5. The number of hydrogen-bond acceptors (Lipinski definition) is 6. The highest BCUT2D eigenvalue weighted by Gasteiger charge is 2.25. The number of fused-ring (bicyclic) bond motifs is 1. The number of phenols is 1. The molecule has 120 valence electrons.